The fourth-order valence-corrected chi connectivity index (χ4v) is 3.93. The second kappa shape index (κ2) is 9.51. The van der Waals surface area contributed by atoms with Crippen molar-refractivity contribution in [3.8, 4) is 0 Å². The van der Waals surface area contributed by atoms with Crippen LogP contribution in [0.5, 0.6) is 0 Å². The fraction of sp³-hybridized carbons (Fsp3) is 0.667. The molecule has 27 heavy (non-hydrogen) atoms. The lowest BCUT2D eigenvalue weighted by atomic mass is 9.95. The van der Waals surface area contributed by atoms with E-state index in [1.165, 1.54) is 12.8 Å². The van der Waals surface area contributed by atoms with Crippen molar-refractivity contribution in [1.29, 1.82) is 0 Å². The topological polar surface area (TPSA) is 48.9 Å². The standard InChI is InChI=1S/C21H33FN4O/c1-23-20(24-15-17-7-11-26(12-8-17)13-14-27-2)25-16-21(9-10-21)18-5-3-4-6-19(18)22/h3-6,17H,7-16H2,1-2H3,(H2,23,24,25). The summed E-state index contributed by atoms with van der Waals surface area (Å²) >= 11 is 0. The highest BCUT2D eigenvalue weighted by Gasteiger charge is 2.45. The van der Waals surface area contributed by atoms with Crippen LogP contribution in [-0.4, -0.2) is 64.3 Å². The highest BCUT2D eigenvalue weighted by molar-refractivity contribution is 5.79. The van der Waals surface area contributed by atoms with Crippen molar-refractivity contribution in [2.75, 3.05) is 53.5 Å². The van der Waals surface area contributed by atoms with Crippen LogP contribution >= 0.6 is 0 Å². The van der Waals surface area contributed by atoms with E-state index in [1.54, 1.807) is 26.3 Å². The lowest BCUT2D eigenvalue weighted by Crippen LogP contribution is -2.45. The summed E-state index contributed by atoms with van der Waals surface area (Å²) in [6.07, 6.45) is 4.45. The molecule has 1 aliphatic carbocycles. The summed E-state index contributed by atoms with van der Waals surface area (Å²) < 4.78 is 19.3. The quantitative estimate of drug-likeness (QED) is 0.540. The number of likely N-dealkylation sites (tertiary alicyclic amines) is 1. The van der Waals surface area contributed by atoms with E-state index in [2.05, 4.69) is 20.5 Å². The van der Waals surface area contributed by atoms with Crippen LogP contribution in [-0.2, 0) is 10.2 Å². The van der Waals surface area contributed by atoms with Crippen LogP contribution in [0.15, 0.2) is 29.3 Å². The molecule has 0 radical (unpaired) electrons. The maximum atomic E-state index is 14.1. The van der Waals surface area contributed by atoms with E-state index < -0.39 is 0 Å². The molecule has 0 aromatic heterocycles. The van der Waals surface area contributed by atoms with Gasteiger partial charge in [-0.05, 0) is 56.3 Å². The number of benzene rings is 1. The number of ether oxygens (including phenoxy) is 1. The van der Waals surface area contributed by atoms with Gasteiger partial charge in [0.25, 0.3) is 0 Å². The van der Waals surface area contributed by atoms with Crippen molar-refractivity contribution in [3.63, 3.8) is 0 Å². The Morgan fingerprint density at radius 2 is 2.00 bits per heavy atom. The van der Waals surface area contributed by atoms with Gasteiger partial charge in [-0.25, -0.2) is 4.39 Å². The van der Waals surface area contributed by atoms with Gasteiger partial charge in [0.05, 0.1) is 6.61 Å². The lowest BCUT2D eigenvalue weighted by Gasteiger charge is -2.32. The van der Waals surface area contributed by atoms with Crippen LogP contribution in [0.25, 0.3) is 0 Å². The lowest BCUT2D eigenvalue weighted by molar-refractivity contribution is 0.121. The summed E-state index contributed by atoms with van der Waals surface area (Å²) in [5.41, 5.74) is 0.756. The van der Waals surface area contributed by atoms with Crippen LogP contribution in [0.4, 0.5) is 4.39 Å². The first-order chi connectivity index (χ1) is 13.2. The number of piperidine rings is 1. The van der Waals surface area contributed by atoms with Gasteiger partial charge in [0.2, 0.25) is 0 Å². The normalized spacial score (nSPS) is 20.5. The van der Waals surface area contributed by atoms with Gasteiger partial charge in [-0.1, -0.05) is 18.2 Å². The maximum absolute atomic E-state index is 14.1. The Morgan fingerprint density at radius 1 is 1.26 bits per heavy atom. The number of methoxy groups -OCH3 is 1. The Hall–Kier alpha value is -1.66. The van der Waals surface area contributed by atoms with E-state index >= 15 is 0 Å². The van der Waals surface area contributed by atoms with E-state index in [-0.39, 0.29) is 11.2 Å². The van der Waals surface area contributed by atoms with Crippen LogP contribution < -0.4 is 10.6 Å². The number of hydrogen-bond acceptors (Lipinski definition) is 3. The van der Waals surface area contributed by atoms with Gasteiger partial charge >= 0.3 is 0 Å². The molecule has 1 aliphatic heterocycles. The van der Waals surface area contributed by atoms with Crippen molar-refractivity contribution in [1.82, 2.24) is 15.5 Å². The van der Waals surface area contributed by atoms with Crippen LogP contribution in [0, 0.1) is 11.7 Å². The molecule has 1 heterocycles. The molecule has 0 amide bonds. The third-order valence-corrected chi connectivity index (χ3v) is 5.99. The van der Waals surface area contributed by atoms with Gasteiger partial charge in [-0.3, -0.25) is 4.99 Å². The van der Waals surface area contributed by atoms with Crippen molar-refractivity contribution in [3.05, 3.63) is 35.6 Å². The first-order valence-electron chi connectivity index (χ1n) is 10.1. The van der Waals surface area contributed by atoms with Gasteiger partial charge < -0.3 is 20.3 Å². The summed E-state index contributed by atoms with van der Waals surface area (Å²) in [6.45, 7) is 5.77. The number of nitrogens with one attached hydrogen (secondary N) is 2. The molecule has 0 spiro atoms. The molecule has 5 nitrogen and oxygen atoms in total. The zero-order valence-corrected chi connectivity index (χ0v) is 16.6. The van der Waals surface area contributed by atoms with Crippen molar-refractivity contribution >= 4 is 5.96 Å². The number of aliphatic imine (C=N–C) groups is 1. The number of rotatable bonds is 8. The monoisotopic (exact) mass is 376 g/mol. The molecule has 2 aliphatic rings. The molecule has 2 N–H and O–H groups in total. The molecule has 2 fully saturated rings. The molecule has 1 saturated heterocycles. The molecule has 3 rings (SSSR count). The molecule has 0 bridgehead atoms. The molecule has 0 atom stereocenters. The third-order valence-electron chi connectivity index (χ3n) is 5.99. The average Bonchev–Trinajstić information content (AvgIpc) is 3.48. The highest BCUT2D eigenvalue weighted by atomic mass is 19.1. The Bertz CT molecular complexity index is 624. The van der Waals surface area contributed by atoms with Gasteiger partial charge in [0.1, 0.15) is 5.82 Å². The molecular weight excluding hydrogens is 343 g/mol. The average molecular weight is 377 g/mol. The van der Waals surface area contributed by atoms with E-state index in [0.717, 1.165) is 63.7 Å². The summed E-state index contributed by atoms with van der Waals surface area (Å²) in [5, 5.41) is 6.88. The minimum absolute atomic E-state index is 0.0738. The number of nitrogens with zero attached hydrogens (tertiary/aromatic N) is 2. The second-order valence-electron chi connectivity index (χ2n) is 7.84. The minimum Gasteiger partial charge on any atom is -0.383 e. The maximum Gasteiger partial charge on any atom is 0.191 e. The van der Waals surface area contributed by atoms with E-state index in [4.69, 9.17) is 4.74 Å². The third kappa shape index (κ3) is 5.42. The summed E-state index contributed by atoms with van der Waals surface area (Å²) in [6, 6.07) is 7.15. The summed E-state index contributed by atoms with van der Waals surface area (Å²) in [4.78, 5) is 6.82. The Labute approximate surface area is 162 Å². The zero-order valence-electron chi connectivity index (χ0n) is 16.6. The SMILES string of the molecule is CN=C(NCC1CCN(CCOC)CC1)NCC1(c2ccccc2F)CC1. The van der Waals surface area contributed by atoms with E-state index in [0.29, 0.717) is 5.92 Å². The smallest absolute Gasteiger partial charge is 0.191 e. The predicted octanol–water partition coefficient (Wildman–Crippen LogP) is 2.38. The Balaban J connectivity index is 1.41. The predicted molar refractivity (Wildman–Crippen MR) is 108 cm³/mol. The Kier molecular flexibility index (Phi) is 7.07. The first kappa shape index (κ1) is 20.1. The summed E-state index contributed by atoms with van der Waals surface area (Å²) in [7, 11) is 3.55. The van der Waals surface area contributed by atoms with E-state index in [1.807, 2.05) is 12.1 Å². The van der Waals surface area contributed by atoms with Gasteiger partial charge in [0.15, 0.2) is 5.96 Å². The summed E-state index contributed by atoms with van der Waals surface area (Å²) in [5.74, 6) is 1.39. The van der Waals surface area contributed by atoms with Gasteiger partial charge in [-0.15, -0.1) is 0 Å². The number of guanidine groups is 1. The van der Waals surface area contributed by atoms with Gasteiger partial charge in [-0.2, -0.15) is 0 Å². The van der Waals surface area contributed by atoms with Crippen LogP contribution in [0.2, 0.25) is 0 Å². The molecule has 150 valence electrons. The second-order valence-corrected chi connectivity index (χ2v) is 7.84. The van der Waals surface area contributed by atoms with Crippen molar-refractivity contribution in [2.24, 2.45) is 10.9 Å². The Morgan fingerprint density at radius 3 is 2.63 bits per heavy atom. The molecule has 0 unspecified atom stereocenters. The number of hydrogen-bond donors (Lipinski definition) is 2. The molecule has 6 heteroatoms. The largest absolute Gasteiger partial charge is 0.383 e. The molecule has 1 aromatic carbocycles. The van der Waals surface area contributed by atoms with Crippen LogP contribution in [0.3, 0.4) is 0 Å². The van der Waals surface area contributed by atoms with Gasteiger partial charge in [0, 0.05) is 39.2 Å². The van der Waals surface area contributed by atoms with Crippen molar-refractivity contribution in [2.45, 2.75) is 31.1 Å². The zero-order chi connectivity index (χ0) is 19.1. The molecule has 1 saturated carbocycles. The van der Waals surface area contributed by atoms with Crippen molar-refractivity contribution < 1.29 is 9.13 Å². The highest BCUT2D eigenvalue weighted by Crippen LogP contribution is 2.48. The fourth-order valence-electron chi connectivity index (χ4n) is 3.93. The molecular formula is C21H33FN4O. The molecule has 1 aromatic rings. The number of halogens is 1. The van der Waals surface area contributed by atoms with Crippen LogP contribution in [0.1, 0.15) is 31.2 Å². The first-order valence-corrected chi connectivity index (χ1v) is 10.1. The minimum atomic E-state index is -0.0972. The van der Waals surface area contributed by atoms with E-state index in [9.17, 15) is 4.39 Å².